The van der Waals surface area contributed by atoms with Gasteiger partial charge in [0.1, 0.15) is 5.75 Å². The number of hydrogen-bond acceptors (Lipinski definition) is 6. The summed E-state index contributed by atoms with van der Waals surface area (Å²) in [6.07, 6.45) is 1.88. The van der Waals surface area contributed by atoms with Crippen LogP contribution in [0, 0.1) is 0 Å². The molecule has 0 bridgehead atoms. The van der Waals surface area contributed by atoms with E-state index in [9.17, 15) is 5.11 Å². The van der Waals surface area contributed by atoms with Gasteiger partial charge in [-0.05, 0) is 25.5 Å². The average molecular weight is 316 g/mol. The van der Waals surface area contributed by atoms with E-state index in [-0.39, 0.29) is 6.04 Å². The molecule has 1 N–H and O–H groups in total. The van der Waals surface area contributed by atoms with Crippen LogP contribution in [0.3, 0.4) is 0 Å². The van der Waals surface area contributed by atoms with E-state index in [1.54, 1.807) is 6.07 Å². The Hall–Kier alpha value is -2.08. The third-order valence-corrected chi connectivity index (χ3v) is 4.40. The Kier molecular flexibility index (Phi) is 4.81. The molecule has 2 aromatic rings. The van der Waals surface area contributed by atoms with E-state index < -0.39 is 0 Å². The summed E-state index contributed by atoms with van der Waals surface area (Å²) in [6, 6.07) is 7.62. The Morgan fingerprint density at radius 2 is 1.96 bits per heavy atom. The van der Waals surface area contributed by atoms with Gasteiger partial charge in [-0.2, -0.15) is 4.98 Å². The highest BCUT2D eigenvalue weighted by atomic mass is 16.5. The van der Waals surface area contributed by atoms with Crippen LogP contribution in [0.25, 0.3) is 0 Å². The number of nitrogens with zero attached hydrogens (tertiary/aromatic N) is 4. The van der Waals surface area contributed by atoms with Gasteiger partial charge in [0.05, 0.1) is 11.7 Å². The molecule has 1 aliphatic rings. The lowest BCUT2D eigenvalue weighted by atomic mass is 10.2. The Labute approximate surface area is 136 Å². The molecule has 0 radical (unpaired) electrons. The fourth-order valence-corrected chi connectivity index (χ4v) is 3.00. The summed E-state index contributed by atoms with van der Waals surface area (Å²) in [6.45, 7) is 7.77. The number of phenols is 1. The second-order valence-corrected chi connectivity index (χ2v) is 5.99. The average Bonchev–Trinajstić information content (AvgIpc) is 3.04. The minimum Gasteiger partial charge on any atom is -0.506 e. The minimum absolute atomic E-state index is 0.125. The van der Waals surface area contributed by atoms with Crippen molar-refractivity contribution in [2.45, 2.75) is 32.7 Å². The fraction of sp³-hybridized carbons (Fsp3) is 0.529. The molecule has 1 fully saturated rings. The molecular weight excluding hydrogens is 292 g/mol. The van der Waals surface area contributed by atoms with Gasteiger partial charge in [0.2, 0.25) is 5.89 Å². The van der Waals surface area contributed by atoms with E-state index >= 15 is 0 Å². The predicted octanol–water partition coefficient (Wildman–Crippen LogP) is 2.61. The van der Waals surface area contributed by atoms with Gasteiger partial charge in [0.15, 0.2) is 5.82 Å². The SMILES string of the molecule is CCCc1noc(C(C)N2CCN(c3ccccc3O)CC2)n1. The van der Waals surface area contributed by atoms with Gasteiger partial charge in [-0.1, -0.05) is 24.2 Å². The van der Waals surface area contributed by atoms with E-state index in [1.807, 2.05) is 18.2 Å². The van der Waals surface area contributed by atoms with Gasteiger partial charge in [-0.3, -0.25) is 4.90 Å². The first-order chi connectivity index (χ1) is 11.2. The van der Waals surface area contributed by atoms with Crippen molar-refractivity contribution in [3.05, 3.63) is 36.0 Å². The number of aryl methyl sites for hydroxylation is 1. The molecule has 2 heterocycles. The molecule has 23 heavy (non-hydrogen) atoms. The molecule has 6 heteroatoms. The van der Waals surface area contributed by atoms with Crippen LogP contribution < -0.4 is 4.90 Å². The number of benzene rings is 1. The summed E-state index contributed by atoms with van der Waals surface area (Å²) in [4.78, 5) is 9.06. The Balaban J connectivity index is 1.60. The molecule has 1 aromatic heterocycles. The largest absolute Gasteiger partial charge is 0.506 e. The lowest BCUT2D eigenvalue weighted by Gasteiger charge is -2.38. The number of aromatic hydroxyl groups is 1. The second kappa shape index (κ2) is 7.00. The van der Waals surface area contributed by atoms with Crippen LogP contribution >= 0.6 is 0 Å². The normalized spacial score (nSPS) is 17.4. The lowest BCUT2D eigenvalue weighted by molar-refractivity contribution is 0.164. The molecule has 1 aliphatic heterocycles. The topological polar surface area (TPSA) is 65.6 Å². The Morgan fingerprint density at radius 3 is 2.65 bits per heavy atom. The first-order valence-corrected chi connectivity index (χ1v) is 8.28. The maximum Gasteiger partial charge on any atom is 0.243 e. The summed E-state index contributed by atoms with van der Waals surface area (Å²) < 4.78 is 5.41. The molecule has 1 unspecified atom stereocenters. The van der Waals surface area contributed by atoms with E-state index in [0.717, 1.165) is 50.5 Å². The molecule has 1 saturated heterocycles. The molecule has 124 valence electrons. The van der Waals surface area contributed by atoms with Crippen LogP contribution in [-0.2, 0) is 6.42 Å². The summed E-state index contributed by atoms with van der Waals surface area (Å²) in [7, 11) is 0. The zero-order valence-electron chi connectivity index (χ0n) is 13.8. The second-order valence-electron chi connectivity index (χ2n) is 5.99. The molecule has 0 spiro atoms. The fourth-order valence-electron chi connectivity index (χ4n) is 3.00. The highest BCUT2D eigenvalue weighted by molar-refractivity contribution is 5.57. The summed E-state index contributed by atoms with van der Waals surface area (Å²) in [5.74, 6) is 1.83. The van der Waals surface area contributed by atoms with Crippen LogP contribution in [0.15, 0.2) is 28.8 Å². The molecular formula is C17H24N4O2. The van der Waals surface area contributed by atoms with Crippen molar-refractivity contribution in [2.24, 2.45) is 0 Å². The maximum atomic E-state index is 9.98. The quantitative estimate of drug-likeness (QED) is 0.914. The number of anilines is 1. The van der Waals surface area contributed by atoms with E-state index in [2.05, 4.69) is 33.8 Å². The lowest BCUT2D eigenvalue weighted by Crippen LogP contribution is -2.47. The van der Waals surface area contributed by atoms with Gasteiger partial charge in [0, 0.05) is 32.6 Å². The highest BCUT2D eigenvalue weighted by Gasteiger charge is 2.26. The Morgan fingerprint density at radius 1 is 1.22 bits per heavy atom. The van der Waals surface area contributed by atoms with Crippen LogP contribution in [0.1, 0.15) is 38.0 Å². The molecule has 0 saturated carbocycles. The number of para-hydroxylation sites is 2. The highest BCUT2D eigenvalue weighted by Crippen LogP contribution is 2.28. The standard InChI is InChI=1S/C17H24N4O2/c1-3-6-16-18-17(23-19-16)13(2)20-9-11-21(12-10-20)14-7-4-5-8-15(14)22/h4-5,7-8,13,22H,3,6,9-12H2,1-2H3. The van der Waals surface area contributed by atoms with Gasteiger partial charge >= 0.3 is 0 Å². The van der Waals surface area contributed by atoms with E-state index in [4.69, 9.17) is 4.52 Å². The molecule has 1 atom stereocenters. The van der Waals surface area contributed by atoms with Crippen LogP contribution in [0.5, 0.6) is 5.75 Å². The summed E-state index contributed by atoms with van der Waals surface area (Å²) >= 11 is 0. The number of phenolic OH excluding ortho intramolecular Hbond substituents is 1. The maximum absolute atomic E-state index is 9.98. The zero-order valence-corrected chi connectivity index (χ0v) is 13.8. The molecule has 1 aromatic carbocycles. The smallest absolute Gasteiger partial charge is 0.243 e. The van der Waals surface area contributed by atoms with Crippen LogP contribution in [0.4, 0.5) is 5.69 Å². The van der Waals surface area contributed by atoms with Crippen molar-refractivity contribution in [3.8, 4) is 5.75 Å². The van der Waals surface area contributed by atoms with Crippen molar-refractivity contribution in [3.63, 3.8) is 0 Å². The van der Waals surface area contributed by atoms with Crippen molar-refractivity contribution >= 4 is 5.69 Å². The van der Waals surface area contributed by atoms with Crippen molar-refractivity contribution in [1.29, 1.82) is 0 Å². The zero-order chi connectivity index (χ0) is 16.2. The molecule has 0 amide bonds. The number of hydrogen-bond donors (Lipinski definition) is 1. The first-order valence-electron chi connectivity index (χ1n) is 8.28. The van der Waals surface area contributed by atoms with Gasteiger partial charge in [-0.25, -0.2) is 0 Å². The van der Waals surface area contributed by atoms with E-state index in [1.165, 1.54) is 0 Å². The number of rotatable bonds is 5. The molecule has 0 aliphatic carbocycles. The van der Waals surface area contributed by atoms with Crippen LogP contribution in [-0.4, -0.2) is 46.3 Å². The van der Waals surface area contributed by atoms with Gasteiger partial charge in [-0.15, -0.1) is 0 Å². The first kappa shape index (κ1) is 15.8. The Bertz CT molecular complexity index is 635. The predicted molar refractivity (Wildman–Crippen MR) is 88.6 cm³/mol. The van der Waals surface area contributed by atoms with E-state index in [0.29, 0.717) is 11.6 Å². The number of aromatic nitrogens is 2. The van der Waals surface area contributed by atoms with Crippen LogP contribution in [0.2, 0.25) is 0 Å². The summed E-state index contributed by atoms with van der Waals surface area (Å²) in [5.41, 5.74) is 0.905. The van der Waals surface area contributed by atoms with Crippen molar-refractivity contribution in [1.82, 2.24) is 15.0 Å². The molecule has 6 nitrogen and oxygen atoms in total. The minimum atomic E-state index is 0.125. The monoisotopic (exact) mass is 316 g/mol. The third kappa shape index (κ3) is 3.47. The van der Waals surface area contributed by atoms with Gasteiger partial charge < -0.3 is 14.5 Å². The third-order valence-electron chi connectivity index (χ3n) is 4.40. The molecule has 3 rings (SSSR count). The van der Waals surface area contributed by atoms with Crippen molar-refractivity contribution < 1.29 is 9.63 Å². The number of piperazine rings is 1. The van der Waals surface area contributed by atoms with Crippen molar-refractivity contribution in [2.75, 3.05) is 31.1 Å². The van der Waals surface area contributed by atoms with Gasteiger partial charge in [0.25, 0.3) is 0 Å². The summed E-state index contributed by atoms with van der Waals surface area (Å²) in [5, 5.41) is 14.0.